The number of hydrogen-bond acceptors (Lipinski definition) is 2. The smallest absolute Gasteiger partial charge is 0.251 e. The lowest BCUT2D eigenvalue weighted by atomic mass is 9.83. The van der Waals surface area contributed by atoms with Crippen molar-refractivity contribution in [2.75, 3.05) is 12.3 Å². The molecule has 0 saturated heterocycles. The van der Waals surface area contributed by atoms with E-state index in [0.29, 0.717) is 12.1 Å². The molecule has 1 aromatic carbocycles. The molecule has 2 rings (SSSR count). The molecule has 0 atom stereocenters. The minimum absolute atomic E-state index is 0.0108. The Balaban J connectivity index is 1.83. The molecule has 1 fully saturated rings. The maximum atomic E-state index is 12.9. The summed E-state index contributed by atoms with van der Waals surface area (Å²) in [6, 6.07) is 4.04. The van der Waals surface area contributed by atoms with Crippen molar-refractivity contribution in [2.45, 2.75) is 25.7 Å². The van der Waals surface area contributed by atoms with E-state index in [1.165, 1.54) is 37.5 Å². The summed E-state index contributed by atoms with van der Waals surface area (Å²) in [6.45, 7) is 0.681. The summed E-state index contributed by atoms with van der Waals surface area (Å²) in [4.78, 5) is 11.7. The van der Waals surface area contributed by atoms with Crippen molar-refractivity contribution in [1.29, 1.82) is 0 Å². The lowest BCUT2D eigenvalue weighted by Crippen LogP contribution is -2.27. The fourth-order valence-corrected chi connectivity index (χ4v) is 1.96. The molecule has 0 radical (unpaired) electrons. The zero-order valence-electron chi connectivity index (χ0n) is 9.71. The summed E-state index contributed by atoms with van der Waals surface area (Å²) < 4.78 is 12.9. The minimum Gasteiger partial charge on any atom is -0.396 e. The first-order valence-corrected chi connectivity index (χ1v) is 6.00. The van der Waals surface area contributed by atoms with Crippen molar-refractivity contribution < 1.29 is 9.18 Å². The second-order valence-electron chi connectivity index (χ2n) is 4.58. The van der Waals surface area contributed by atoms with Gasteiger partial charge in [0.25, 0.3) is 5.91 Å². The molecule has 0 aliphatic heterocycles. The average Bonchev–Trinajstić information content (AvgIpc) is 2.25. The largest absolute Gasteiger partial charge is 0.396 e. The number of benzene rings is 1. The van der Waals surface area contributed by atoms with E-state index in [2.05, 4.69) is 5.32 Å². The van der Waals surface area contributed by atoms with Gasteiger partial charge in [-0.2, -0.15) is 0 Å². The normalized spacial score (nSPS) is 15.4. The molecular formula is C13H17FN2O. The van der Waals surface area contributed by atoms with Gasteiger partial charge in [-0.05, 0) is 30.5 Å². The Bertz CT molecular complexity index is 416. The number of amides is 1. The summed E-state index contributed by atoms with van der Waals surface area (Å²) in [6.07, 6.45) is 4.90. The number of carbonyl (C=O) groups is 1. The number of nitrogens with one attached hydrogen (secondary N) is 1. The number of anilines is 1. The van der Waals surface area contributed by atoms with Gasteiger partial charge in [0.05, 0.1) is 5.69 Å². The van der Waals surface area contributed by atoms with Crippen LogP contribution in [0.2, 0.25) is 0 Å². The van der Waals surface area contributed by atoms with Crippen molar-refractivity contribution in [2.24, 2.45) is 5.92 Å². The van der Waals surface area contributed by atoms with Gasteiger partial charge in [-0.3, -0.25) is 4.79 Å². The Kier molecular flexibility index (Phi) is 3.61. The van der Waals surface area contributed by atoms with E-state index >= 15 is 0 Å². The highest BCUT2D eigenvalue weighted by Crippen LogP contribution is 2.28. The molecule has 0 aromatic heterocycles. The molecule has 0 unspecified atom stereocenters. The number of nitrogen functional groups attached to an aromatic ring is 1. The molecule has 17 heavy (non-hydrogen) atoms. The Hall–Kier alpha value is -1.58. The first-order valence-electron chi connectivity index (χ1n) is 6.00. The molecule has 1 aliphatic carbocycles. The van der Waals surface area contributed by atoms with Crippen molar-refractivity contribution >= 4 is 11.6 Å². The maximum absolute atomic E-state index is 12.9. The molecule has 4 heteroatoms. The SMILES string of the molecule is Nc1cc(C(=O)NCCC2CCC2)ccc1F. The lowest BCUT2D eigenvalue weighted by Gasteiger charge is -2.25. The number of nitrogens with two attached hydrogens (primary N) is 1. The van der Waals surface area contributed by atoms with Crippen molar-refractivity contribution in [1.82, 2.24) is 5.32 Å². The van der Waals surface area contributed by atoms with Crippen LogP contribution in [-0.2, 0) is 0 Å². The van der Waals surface area contributed by atoms with Crippen molar-refractivity contribution in [3.05, 3.63) is 29.6 Å². The summed E-state index contributed by atoms with van der Waals surface area (Å²) in [5.41, 5.74) is 5.84. The van der Waals surface area contributed by atoms with Crippen LogP contribution in [0.1, 0.15) is 36.0 Å². The minimum atomic E-state index is -0.490. The van der Waals surface area contributed by atoms with Crippen LogP contribution in [-0.4, -0.2) is 12.5 Å². The van der Waals surface area contributed by atoms with Crippen LogP contribution < -0.4 is 11.1 Å². The third-order valence-corrected chi connectivity index (χ3v) is 3.32. The van der Waals surface area contributed by atoms with Gasteiger partial charge in [0.1, 0.15) is 5.82 Å². The summed E-state index contributed by atoms with van der Waals surface area (Å²) in [5.74, 6) is 0.0978. The molecule has 3 N–H and O–H groups in total. The van der Waals surface area contributed by atoms with E-state index in [-0.39, 0.29) is 11.6 Å². The van der Waals surface area contributed by atoms with Crippen LogP contribution in [0.4, 0.5) is 10.1 Å². The number of halogens is 1. The Morgan fingerprint density at radius 3 is 2.82 bits per heavy atom. The van der Waals surface area contributed by atoms with E-state index in [0.717, 1.165) is 12.3 Å². The van der Waals surface area contributed by atoms with Gasteiger partial charge >= 0.3 is 0 Å². The quantitative estimate of drug-likeness (QED) is 0.788. The topological polar surface area (TPSA) is 55.1 Å². The molecule has 0 spiro atoms. The zero-order chi connectivity index (χ0) is 12.3. The van der Waals surface area contributed by atoms with Gasteiger partial charge in [-0.15, -0.1) is 0 Å². The van der Waals surface area contributed by atoms with E-state index < -0.39 is 5.82 Å². The fourth-order valence-electron chi connectivity index (χ4n) is 1.96. The Labute approximate surface area is 100 Å². The molecule has 0 heterocycles. The molecule has 92 valence electrons. The highest BCUT2D eigenvalue weighted by atomic mass is 19.1. The van der Waals surface area contributed by atoms with Crippen LogP contribution in [0.15, 0.2) is 18.2 Å². The third kappa shape index (κ3) is 2.96. The van der Waals surface area contributed by atoms with Gasteiger partial charge in [-0.25, -0.2) is 4.39 Å². The molecule has 1 aliphatic rings. The van der Waals surface area contributed by atoms with Crippen LogP contribution >= 0.6 is 0 Å². The molecule has 1 aromatic rings. The first-order chi connectivity index (χ1) is 8.16. The summed E-state index contributed by atoms with van der Waals surface area (Å²) >= 11 is 0. The summed E-state index contributed by atoms with van der Waals surface area (Å²) in [7, 11) is 0. The Morgan fingerprint density at radius 2 is 2.24 bits per heavy atom. The average molecular weight is 236 g/mol. The molecule has 0 bridgehead atoms. The van der Waals surface area contributed by atoms with E-state index in [1.54, 1.807) is 0 Å². The van der Waals surface area contributed by atoms with E-state index in [9.17, 15) is 9.18 Å². The van der Waals surface area contributed by atoms with Crippen molar-refractivity contribution in [3.63, 3.8) is 0 Å². The number of rotatable bonds is 4. The number of carbonyl (C=O) groups excluding carboxylic acids is 1. The lowest BCUT2D eigenvalue weighted by molar-refractivity contribution is 0.0949. The highest BCUT2D eigenvalue weighted by Gasteiger charge is 2.17. The van der Waals surface area contributed by atoms with Gasteiger partial charge in [0, 0.05) is 12.1 Å². The molecule has 1 amide bonds. The predicted octanol–water partition coefficient (Wildman–Crippen LogP) is 2.33. The predicted molar refractivity (Wildman–Crippen MR) is 65.1 cm³/mol. The fraction of sp³-hybridized carbons (Fsp3) is 0.462. The van der Waals surface area contributed by atoms with Crippen LogP contribution in [0, 0.1) is 11.7 Å². The second-order valence-corrected chi connectivity index (χ2v) is 4.58. The van der Waals surface area contributed by atoms with Crippen LogP contribution in [0.25, 0.3) is 0 Å². The third-order valence-electron chi connectivity index (χ3n) is 3.32. The maximum Gasteiger partial charge on any atom is 0.251 e. The standard InChI is InChI=1S/C13H17FN2O/c14-11-5-4-10(8-12(11)15)13(17)16-7-6-9-2-1-3-9/h4-5,8-9H,1-3,6-7,15H2,(H,16,17). The Morgan fingerprint density at radius 1 is 1.47 bits per heavy atom. The second kappa shape index (κ2) is 5.17. The first kappa shape index (κ1) is 11.9. The zero-order valence-corrected chi connectivity index (χ0v) is 9.71. The van der Waals surface area contributed by atoms with E-state index in [4.69, 9.17) is 5.73 Å². The summed E-state index contributed by atoms with van der Waals surface area (Å²) in [5, 5.41) is 2.83. The monoisotopic (exact) mass is 236 g/mol. The molecule has 1 saturated carbocycles. The van der Waals surface area contributed by atoms with E-state index in [1.807, 2.05) is 0 Å². The number of hydrogen-bond donors (Lipinski definition) is 2. The van der Waals surface area contributed by atoms with Gasteiger partial charge < -0.3 is 11.1 Å². The van der Waals surface area contributed by atoms with Crippen molar-refractivity contribution in [3.8, 4) is 0 Å². The van der Waals surface area contributed by atoms with Gasteiger partial charge in [-0.1, -0.05) is 19.3 Å². The highest BCUT2D eigenvalue weighted by molar-refractivity contribution is 5.94. The van der Waals surface area contributed by atoms with Crippen LogP contribution in [0.3, 0.4) is 0 Å². The van der Waals surface area contributed by atoms with Crippen LogP contribution in [0.5, 0.6) is 0 Å². The van der Waals surface area contributed by atoms with Gasteiger partial charge in [0.2, 0.25) is 0 Å². The molecule has 3 nitrogen and oxygen atoms in total. The molecular weight excluding hydrogens is 219 g/mol. The van der Waals surface area contributed by atoms with Gasteiger partial charge in [0.15, 0.2) is 0 Å².